The van der Waals surface area contributed by atoms with E-state index in [2.05, 4.69) is 182 Å². The fourth-order valence-corrected chi connectivity index (χ4v) is 10.3. The first kappa shape index (κ1) is 34.6. The summed E-state index contributed by atoms with van der Waals surface area (Å²) >= 11 is 0. The second-order valence-electron chi connectivity index (χ2n) is 16.3. The average Bonchev–Trinajstić information content (AvgIpc) is 3.98. The monoisotopic (exact) mass is 789 g/mol. The third-order valence-electron chi connectivity index (χ3n) is 13.0. The third kappa shape index (κ3) is 5.04. The standard InChI is InChI=1S/C58H35N3O/c1-2-14-37(15-3-1)55-59-56(38-30-28-36(29-31-38)39-32-33-53-48(35-39)46-21-7-11-27-52(46)62-53)61-57(60-55)41-17-12-16-40(34-41)42-22-13-23-47-45-20-6-10-26-51(45)58(54(42)47)49-24-8-4-18-43(49)44-19-5-9-25-50(44)58/h1-35H. The highest BCUT2D eigenvalue weighted by molar-refractivity contribution is 6.06. The quantitative estimate of drug-likeness (QED) is 0.174. The van der Waals surface area contributed by atoms with Crippen molar-refractivity contribution in [3.63, 3.8) is 0 Å². The molecule has 2 aliphatic carbocycles. The van der Waals surface area contributed by atoms with Crippen LogP contribution in [0.5, 0.6) is 0 Å². The molecule has 9 aromatic carbocycles. The van der Waals surface area contributed by atoms with Crippen molar-refractivity contribution >= 4 is 21.9 Å². The molecule has 4 nitrogen and oxygen atoms in total. The summed E-state index contributed by atoms with van der Waals surface area (Å²) in [5.74, 6) is 1.88. The van der Waals surface area contributed by atoms with Crippen LogP contribution in [0.15, 0.2) is 217 Å². The summed E-state index contributed by atoms with van der Waals surface area (Å²) in [7, 11) is 0. The Morgan fingerprint density at radius 1 is 0.290 bits per heavy atom. The van der Waals surface area contributed by atoms with Gasteiger partial charge in [-0.05, 0) is 91.0 Å². The van der Waals surface area contributed by atoms with Gasteiger partial charge in [-0.2, -0.15) is 0 Å². The maximum atomic E-state index is 6.11. The first-order chi connectivity index (χ1) is 30.7. The lowest BCUT2D eigenvalue weighted by Gasteiger charge is -2.32. The summed E-state index contributed by atoms with van der Waals surface area (Å²) in [5.41, 5.74) is 19.1. The highest BCUT2D eigenvalue weighted by Gasteiger charge is 2.52. The number of fused-ring (bicyclic) bond motifs is 13. The van der Waals surface area contributed by atoms with Crippen molar-refractivity contribution in [1.29, 1.82) is 0 Å². The van der Waals surface area contributed by atoms with Gasteiger partial charge in [-0.1, -0.05) is 188 Å². The SMILES string of the molecule is c1ccc(-c2nc(-c3ccc(-c4ccc5oc6ccccc6c5c4)cc3)nc(-c3cccc(-c4cccc5c4C4(c6ccccc6-c6ccccc64)c4ccccc4-5)c3)n2)cc1. The van der Waals surface area contributed by atoms with Gasteiger partial charge in [-0.25, -0.2) is 15.0 Å². The third-order valence-corrected chi connectivity index (χ3v) is 13.0. The topological polar surface area (TPSA) is 51.8 Å². The molecule has 0 bridgehead atoms. The van der Waals surface area contributed by atoms with Crippen molar-refractivity contribution in [1.82, 2.24) is 15.0 Å². The van der Waals surface area contributed by atoms with Crippen LogP contribution in [0.4, 0.5) is 0 Å². The zero-order valence-electron chi connectivity index (χ0n) is 33.5. The Labute approximate surface area is 358 Å². The van der Waals surface area contributed by atoms with Gasteiger partial charge in [0, 0.05) is 27.5 Å². The minimum absolute atomic E-state index is 0.462. The maximum Gasteiger partial charge on any atom is 0.164 e. The molecular formula is C58H35N3O. The van der Waals surface area contributed by atoms with Gasteiger partial charge in [0.25, 0.3) is 0 Å². The molecule has 0 unspecified atom stereocenters. The molecule has 0 saturated carbocycles. The first-order valence-electron chi connectivity index (χ1n) is 21.1. The molecule has 62 heavy (non-hydrogen) atoms. The van der Waals surface area contributed by atoms with Gasteiger partial charge in [0.2, 0.25) is 0 Å². The van der Waals surface area contributed by atoms with E-state index >= 15 is 0 Å². The molecule has 2 aliphatic rings. The van der Waals surface area contributed by atoms with Crippen LogP contribution in [0.25, 0.3) is 101 Å². The van der Waals surface area contributed by atoms with Crippen molar-refractivity contribution in [2.75, 3.05) is 0 Å². The lowest BCUT2D eigenvalue weighted by Crippen LogP contribution is -2.26. The van der Waals surface area contributed by atoms with Crippen LogP contribution in [-0.4, -0.2) is 15.0 Å². The highest BCUT2D eigenvalue weighted by atomic mass is 16.3. The molecule has 0 saturated heterocycles. The molecule has 0 N–H and O–H groups in total. The van der Waals surface area contributed by atoms with Crippen LogP contribution >= 0.6 is 0 Å². The Morgan fingerprint density at radius 3 is 1.47 bits per heavy atom. The molecule has 0 amide bonds. The lowest BCUT2D eigenvalue weighted by molar-refractivity contribution is 0.669. The lowest BCUT2D eigenvalue weighted by atomic mass is 9.68. The number of benzene rings is 9. The fourth-order valence-electron chi connectivity index (χ4n) is 10.3. The van der Waals surface area contributed by atoms with Crippen LogP contribution in [0, 0.1) is 0 Å². The van der Waals surface area contributed by atoms with Crippen molar-refractivity contribution in [3.05, 3.63) is 235 Å². The predicted molar refractivity (Wildman–Crippen MR) is 251 cm³/mol. The maximum absolute atomic E-state index is 6.11. The first-order valence-corrected chi connectivity index (χ1v) is 21.1. The molecule has 0 radical (unpaired) electrons. The summed E-state index contributed by atoms with van der Waals surface area (Å²) in [4.78, 5) is 15.4. The Morgan fingerprint density at radius 2 is 0.758 bits per heavy atom. The van der Waals surface area contributed by atoms with Gasteiger partial charge in [-0.3, -0.25) is 0 Å². The number of para-hydroxylation sites is 1. The molecule has 4 heteroatoms. The number of furan rings is 1. The molecule has 0 fully saturated rings. The van der Waals surface area contributed by atoms with Gasteiger partial charge < -0.3 is 4.42 Å². The van der Waals surface area contributed by atoms with E-state index in [-0.39, 0.29) is 0 Å². The molecule has 2 heterocycles. The second kappa shape index (κ2) is 13.4. The van der Waals surface area contributed by atoms with E-state index in [0.29, 0.717) is 17.5 Å². The Bertz CT molecular complexity index is 3520. The smallest absolute Gasteiger partial charge is 0.164 e. The normalized spacial score (nSPS) is 13.0. The second-order valence-corrected chi connectivity index (χ2v) is 16.3. The van der Waals surface area contributed by atoms with E-state index in [1.54, 1.807) is 0 Å². The van der Waals surface area contributed by atoms with Crippen LogP contribution in [0.3, 0.4) is 0 Å². The Balaban J connectivity index is 0.948. The molecule has 2 aromatic heterocycles. The average molecular weight is 790 g/mol. The minimum atomic E-state index is -0.462. The van der Waals surface area contributed by atoms with E-state index in [4.69, 9.17) is 19.4 Å². The van der Waals surface area contributed by atoms with E-state index in [9.17, 15) is 0 Å². The predicted octanol–water partition coefficient (Wildman–Crippen LogP) is 14.4. The van der Waals surface area contributed by atoms with Gasteiger partial charge in [0.05, 0.1) is 5.41 Å². The van der Waals surface area contributed by atoms with Crippen molar-refractivity contribution < 1.29 is 4.42 Å². The largest absolute Gasteiger partial charge is 0.456 e. The van der Waals surface area contributed by atoms with Gasteiger partial charge in [0.1, 0.15) is 11.2 Å². The number of rotatable bonds is 5. The summed E-state index contributed by atoms with van der Waals surface area (Å²) in [5, 5.41) is 2.23. The van der Waals surface area contributed by atoms with Crippen molar-refractivity contribution in [3.8, 4) is 78.7 Å². The van der Waals surface area contributed by atoms with E-state index in [1.807, 2.05) is 30.3 Å². The molecule has 0 atom stereocenters. The van der Waals surface area contributed by atoms with Gasteiger partial charge in [0.15, 0.2) is 17.5 Å². The van der Waals surface area contributed by atoms with Crippen LogP contribution < -0.4 is 0 Å². The highest BCUT2D eigenvalue weighted by Crippen LogP contribution is 2.64. The Hall–Kier alpha value is -8.21. The molecule has 13 rings (SSSR count). The zero-order valence-corrected chi connectivity index (χ0v) is 33.5. The molecule has 1 spiro atoms. The summed E-state index contributed by atoms with van der Waals surface area (Å²) < 4.78 is 6.11. The molecule has 0 aliphatic heterocycles. The van der Waals surface area contributed by atoms with Gasteiger partial charge in [-0.15, -0.1) is 0 Å². The number of hydrogen-bond donors (Lipinski definition) is 0. The number of nitrogens with zero attached hydrogens (tertiary/aromatic N) is 3. The van der Waals surface area contributed by atoms with E-state index in [1.165, 1.54) is 50.1 Å². The number of hydrogen-bond acceptors (Lipinski definition) is 4. The summed E-state index contributed by atoms with van der Waals surface area (Å²) in [6.45, 7) is 0. The number of aromatic nitrogens is 3. The van der Waals surface area contributed by atoms with Crippen molar-refractivity contribution in [2.45, 2.75) is 5.41 Å². The Kier molecular flexibility index (Phi) is 7.49. The molecule has 11 aromatic rings. The summed E-state index contributed by atoms with van der Waals surface area (Å²) in [6.07, 6.45) is 0. The van der Waals surface area contributed by atoms with E-state index in [0.717, 1.165) is 55.3 Å². The van der Waals surface area contributed by atoms with Gasteiger partial charge >= 0.3 is 0 Å². The zero-order chi connectivity index (χ0) is 40.8. The van der Waals surface area contributed by atoms with Crippen LogP contribution in [-0.2, 0) is 5.41 Å². The van der Waals surface area contributed by atoms with E-state index < -0.39 is 5.41 Å². The molecule has 288 valence electrons. The summed E-state index contributed by atoms with van der Waals surface area (Å²) in [6, 6.07) is 75.7. The van der Waals surface area contributed by atoms with Crippen LogP contribution in [0.1, 0.15) is 22.3 Å². The minimum Gasteiger partial charge on any atom is -0.456 e. The van der Waals surface area contributed by atoms with Crippen LogP contribution in [0.2, 0.25) is 0 Å². The van der Waals surface area contributed by atoms with Crippen molar-refractivity contribution in [2.24, 2.45) is 0 Å². The fraction of sp³-hybridized carbons (Fsp3) is 0.0172. The molecular weight excluding hydrogens is 755 g/mol.